The van der Waals surface area contributed by atoms with Gasteiger partial charge in [0, 0.05) is 24.0 Å². The molecule has 1 aromatic heterocycles. The second-order valence-electron chi connectivity index (χ2n) is 4.75. The summed E-state index contributed by atoms with van der Waals surface area (Å²) < 4.78 is 0. The van der Waals surface area contributed by atoms with Crippen molar-refractivity contribution in [2.24, 2.45) is 5.73 Å². The minimum absolute atomic E-state index is 0.131. The summed E-state index contributed by atoms with van der Waals surface area (Å²) in [4.78, 5) is 6.91. The lowest BCUT2D eigenvalue weighted by Crippen LogP contribution is -2.51. The van der Waals surface area contributed by atoms with Crippen LogP contribution in [0.25, 0.3) is 0 Å². The Bertz CT molecular complexity index is 331. The average Bonchev–Trinajstić information content (AvgIpc) is 2.71. The van der Waals surface area contributed by atoms with Gasteiger partial charge < -0.3 is 5.73 Å². The van der Waals surface area contributed by atoms with Crippen molar-refractivity contribution in [1.82, 2.24) is 9.88 Å². The summed E-state index contributed by atoms with van der Waals surface area (Å²) in [5, 5.41) is 3.29. The molecule has 1 heterocycles. The second-order valence-corrected chi connectivity index (χ2v) is 5.81. The predicted octanol–water partition coefficient (Wildman–Crippen LogP) is 2.79. The second kappa shape index (κ2) is 6.47. The van der Waals surface area contributed by atoms with Gasteiger partial charge in [0.2, 0.25) is 0 Å². The van der Waals surface area contributed by atoms with Gasteiger partial charge in [0.1, 0.15) is 0 Å². The molecule has 0 bridgehead atoms. The van der Waals surface area contributed by atoms with Crippen LogP contribution in [0.3, 0.4) is 0 Å². The van der Waals surface area contributed by atoms with Crippen LogP contribution < -0.4 is 5.73 Å². The van der Waals surface area contributed by atoms with Crippen LogP contribution in [0.5, 0.6) is 0 Å². The summed E-state index contributed by atoms with van der Waals surface area (Å²) in [6, 6.07) is 0. The molecular weight excluding hydrogens is 230 g/mol. The summed E-state index contributed by atoms with van der Waals surface area (Å²) in [5.74, 6) is 0. The number of aryl methyl sites for hydroxylation is 1. The number of nitrogens with two attached hydrogens (primary N) is 1. The molecule has 98 valence electrons. The third kappa shape index (κ3) is 3.50. The summed E-state index contributed by atoms with van der Waals surface area (Å²) in [6.07, 6.45) is 3.42. The van der Waals surface area contributed by atoms with E-state index in [0.717, 1.165) is 36.6 Å². The summed E-state index contributed by atoms with van der Waals surface area (Å²) in [7, 11) is 2.17. The first-order valence-electron chi connectivity index (χ1n) is 6.40. The molecule has 2 N–H and O–H groups in total. The van der Waals surface area contributed by atoms with E-state index in [0.29, 0.717) is 0 Å². The Morgan fingerprint density at radius 3 is 2.59 bits per heavy atom. The lowest BCUT2D eigenvalue weighted by atomic mass is 9.89. The zero-order valence-electron chi connectivity index (χ0n) is 11.5. The van der Waals surface area contributed by atoms with Crippen LogP contribution >= 0.6 is 11.3 Å². The Kier molecular flexibility index (Phi) is 5.56. The number of aromatic nitrogens is 1. The quantitative estimate of drug-likeness (QED) is 0.814. The molecule has 0 aliphatic carbocycles. The van der Waals surface area contributed by atoms with Crippen molar-refractivity contribution in [2.75, 3.05) is 13.6 Å². The van der Waals surface area contributed by atoms with Crippen LogP contribution in [-0.4, -0.2) is 29.0 Å². The van der Waals surface area contributed by atoms with E-state index < -0.39 is 0 Å². The lowest BCUT2D eigenvalue weighted by molar-refractivity contribution is 0.100. The third-order valence-electron chi connectivity index (χ3n) is 3.63. The van der Waals surface area contributed by atoms with Crippen LogP contribution in [0.15, 0.2) is 5.38 Å². The average molecular weight is 255 g/mol. The van der Waals surface area contributed by atoms with E-state index in [-0.39, 0.29) is 5.54 Å². The maximum Gasteiger partial charge on any atom is 0.0897 e. The fourth-order valence-corrected chi connectivity index (χ4v) is 3.00. The van der Waals surface area contributed by atoms with Crippen molar-refractivity contribution in [3.8, 4) is 0 Å². The van der Waals surface area contributed by atoms with Gasteiger partial charge >= 0.3 is 0 Å². The first kappa shape index (κ1) is 14.6. The van der Waals surface area contributed by atoms with Crippen molar-refractivity contribution in [1.29, 1.82) is 0 Å². The first-order chi connectivity index (χ1) is 8.07. The molecule has 0 fully saturated rings. The molecule has 0 aliphatic rings. The van der Waals surface area contributed by atoms with Gasteiger partial charge in [-0.2, -0.15) is 0 Å². The summed E-state index contributed by atoms with van der Waals surface area (Å²) in [6.45, 7) is 8.12. The molecule has 0 saturated carbocycles. The predicted molar refractivity (Wildman–Crippen MR) is 75.3 cm³/mol. The van der Waals surface area contributed by atoms with E-state index in [9.17, 15) is 0 Å². The first-order valence-corrected chi connectivity index (χ1v) is 7.28. The summed E-state index contributed by atoms with van der Waals surface area (Å²) in [5.41, 5.74) is 7.30. The maximum atomic E-state index is 6.00. The molecule has 3 nitrogen and oxygen atoms in total. The van der Waals surface area contributed by atoms with Crippen molar-refractivity contribution in [3.05, 3.63) is 16.1 Å². The normalized spacial score (nSPS) is 15.2. The number of nitrogens with zero attached hydrogens (tertiary/aromatic N) is 2. The standard InChI is InChI=1S/C13H25N3S/c1-5-7-13(6-2,10-14)16(4)8-12-9-17-11(3)15-12/h9H,5-8,10,14H2,1-4H3. The van der Waals surface area contributed by atoms with Crippen molar-refractivity contribution in [3.63, 3.8) is 0 Å². The molecule has 1 aromatic rings. The van der Waals surface area contributed by atoms with Gasteiger partial charge in [-0.05, 0) is 26.8 Å². The highest BCUT2D eigenvalue weighted by atomic mass is 32.1. The highest BCUT2D eigenvalue weighted by molar-refractivity contribution is 7.09. The Morgan fingerprint density at radius 1 is 1.47 bits per heavy atom. The van der Waals surface area contributed by atoms with E-state index in [2.05, 4.69) is 43.1 Å². The molecule has 0 aliphatic heterocycles. The van der Waals surface area contributed by atoms with Crippen molar-refractivity contribution < 1.29 is 0 Å². The molecule has 17 heavy (non-hydrogen) atoms. The highest BCUT2D eigenvalue weighted by Crippen LogP contribution is 2.25. The molecule has 1 atom stereocenters. The Morgan fingerprint density at radius 2 is 2.18 bits per heavy atom. The molecule has 1 unspecified atom stereocenters. The van der Waals surface area contributed by atoms with E-state index in [1.807, 2.05) is 0 Å². The fourth-order valence-electron chi connectivity index (χ4n) is 2.40. The fraction of sp³-hybridized carbons (Fsp3) is 0.769. The van der Waals surface area contributed by atoms with Crippen molar-refractivity contribution in [2.45, 2.75) is 52.1 Å². The van der Waals surface area contributed by atoms with Gasteiger partial charge in [-0.15, -0.1) is 11.3 Å². The zero-order chi connectivity index (χ0) is 12.9. The number of likely N-dealkylation sites (N-methyl/N-ethyl adjacent to an activating group) is 1. The summed E-state index contributed by atoms with van der Waals surface area (Å²) >= 11 is 1.72. The molecular formula is C13H25N3S. The van der Waals surface area contributed by atoms with Gasteiger partial charge in [0.25, 0.3) is 0 Å². The van der Waals surface area contributed by atoms with Crippen molar-refractivity contribution >= 4 is 11.3 Å². The number of rotatable bonds is 7. The lowest BCUT2D eigenvalue weighted by Gasteiger charge is -2.40. The molecule has 0 amide bonds. The van der Waals surface area contributed by atoms with Gasteiger partial charge in [-0.25, -0.2) is 4.98 Å². The molecule has 1 rings (SSSR count). The van der Waals surface area contributed by atoms with Crippen LogP contribution in [0.4, 0.5) is 0 Å². The highest BCUT2D eigenvalue weighted by Gasteiger charge is 2.30. The number of thiazole rings is 1. The molecule has 0 aromatic carbocycles. The van der Waals surface area contributed by atoms with Gasteiger partial charge in [-0.1, -0.05) is 20.3 Å². The molecule has 0 saturated heterocycles. The van der Waals surface area contributed by atoms with Gasteiger partial charge in [0.05, 0.1) is 10.7 Å². The van der Waals surface area contributed by atoms with Gasteiger partial charge in [0.15, 0.2) is 0 Å². The van der Waals surface area contributed by atoms with E-state index in [4.69, 9.17) is 5.73 Å². The molecule has 0 spiro atoms. The smallest absolute Gasteiger partial charge is 0.0897 e. The van der Waals surface area contributed by atoms with E-state index >= 15 is 0 Å². The van der Waals surface area contributed by atoms with Crippen LogP contribution in [0.1, 0.15) is 43.8 Å². The van der Waals surface area contributed by atoms with Crippen LogP contribution in [0, 0.1) is 6.92 Å². The van der Waals surface area contributed by atoms with E-state index in [1.165, 1.54) is 6.42 Å². The molecule has 0 radical (unpaired) electrons. The van der Waals surface area contributed by atoms with Crippen LogP contribution in [0.2, 0.25) is 0 Å². The SMILES string of the molecule is CCCC(CC)(CN)N(C)Cc1csc(C)n1. The Labute approximate surface area is 109 Å². The number of hydrogen-bond donors (Lipinski definition) is 1. The monoisotopic (exact) mass is 255 g/mol. The van der Waals surface area contributed by atoms with Gasteiger partial charge in [-0.3, -0.25) is 4.90 Å². The minimum Gasteiger partial charge on any atom is -0.329 e. The topological polar surface area (TPSA) is 42.1 Å². The zero-order valence-corrected chi connectivity index (χ0v) is 12.3. The number of hydrogen-bond acceptors (Lipinski definition) is 4. The largest absolute Gasteiger partial charge is 0.329 e. The van der Waals surface area contributed by atoms with E-state index in [1.54, 1.807) is 11.3 Å². The molecule has 4 heteroatoms. The Hall–Kier alpha value is -0.450. The Balaban J connectivity index is 2.74. The minimum atomic E-state index is 0.131. The maximum absolute atomic E-state index is 6.00. The third-order valence-corrected chi connectivity index (χ3v) is 4.45. The van der Waals surface area contributed by atoms with Crippen LogP contribution in [-0.2, 0) is 6.54 Å².